The highest BCUT2D eigenvalue weighted by Crippen LogP contribution is 2.23. The molecule has 0 bridgehead atoms. The molecular formula is C13H27N3S. The second-order valence-electron chi connectivity index (χ2n) is 5.74. The van der Waals surface area contributed by atoms with Gasteiger partial charge in [-0.25, -0.2) is 0 Å². The zero-order valence-corrected chi connectivity index (χ0v) is 12.3. The van der Waals surface area contributed by atoms with Crippen LogP contribution in [-0.2, 0) is 0 Å². The van der Waals surface area contributed by atoms with E-state index in [1.54, 1.807) is 0 Å². The maximum absolute atomic E-state index is 7.52. The molecule has 100 valence electrons. The fraction of sp³-hybridized carbons (Fsp3) is 0.923. The summed E-state index contributed by atoms with van der Waals surface area (Å²) in [4.78, 5) is 2.57. The van der Waals surface area contributed by atoms with Gasteiger partial charge in [0.05, 0.1) is 5.84 Å². The van der Waals surface area contributed by atoms with Gasteiger partial charge in [0.2, 0.25) is 0 Å². The van der Waals surface area contributed by atoms with Crippen LogP contribution in [0.4, 0.5) is 0 Å². The Hall–Kier alpha value is -0.220. The van der Waals surface area contributed by atoms with E-state index in [0.29, 0.717) is 5.84 Å². The van der Waals surface area contributed by atoms with E-state index in [1.165, 1.54) is 38.2 Å². The highest BCUT2D eigenvalue weighted by Gasteiger charge is 2.21. The van der Waals surface area contributed by atoms with Gasteiger partial charge in [-0.2, -0.15) is 11.8 Å². The van der Waals surface area contributed by atoms with Crippen LogP contribution in [0.1, 0.15) is 40.0 Å². The summed E-state index contributed by atoms with van der Waals surface area (Å²) in [5, 5.41) is 8.31. The largest absolute Gasteiger partial charge is 0.387 e. The highest BCUT2D eigenvalue weighted by atomic mass is 32.2. The van der Waals surface area contributed by atoms with E-state index in [-0.39, 0.29) is 5.41 Å². The number of hydrogen-bond donors (Lipinski definition) is 2. The van der Waals surface area contributed by atoms with Crippen molar-refractivity contribution in [1.82, 2.24) is 4.90 Å². The minimum absolute atomic E-state index is 0.120. The Kier molecular flexibility index (Phi) is 5.80. The molecule has 1 fully saturated rings. The average molecular weight is 257 g/mol. The lowest BCUT2D eigenvalue weighted by atomic mass is 9.86. The number of hydrogen-bond acceptors (Lipinski definition) is 3. The summed E-state index contributed by atoms with van der Waals surface area (Å²) in [6, 6.07) is 0. The molecule has 4 heteroatoms. The summed E-state index contributed by atoms with van der Waals surface area (Å²) in [7, 11) is 0. The summed E-state index contributed by atoms with van der Waals surface area (Å²) in [6.45, 7) is 10.1. The number of amidine groups is 1. The van der Waals surface area contributed by atoms with E-state index < -0.39 is 0 Å². The monoisotopic (exact) mass is 257 g/mol. The molecule has 0 aromatic heterocycles. The van der Waals surface area contributed by atoms with Crippen LogP contribution in [0.15, 0.2) is 0 Å². The molecule has 0 aromatic carbocycles. The van der Waals surface area contributed by atoms with Crippen LogP contribution in [0.2, 0.25) is 0 Å². The Morgan fingerprint density at radius 2 is 2.18 bits per heavy atom. The lowest BCUT2D eigenvalue weighted by molar-refractivity contribution is 0.274. The number of nitrogens with zero attached hydrogens (tertiary/aromatic N) is 1. The van der Waals surface area contributed by atoms with Gasteiger partial charge in [0.25, 0.3) is 0 Å². The zero-order valence-electron chi connectivity index (χ0n) is 11.5. The van der Waals surface area contributed by atoms with Gasteiger partial charge in [0, 0.05) is 29.5 Å². The molecule has 3 nitrogen and oxygen atoms in total. The van der Waals surface area contributed by atoms with Gasteiger partial charge in [-0.05, 0) is 19.4 Å². The van der Waals surface area contributed by atoms with Gasteiger partial charge < -0.3 is 10.6 Å². The molecule has 0 saturated carbocycles. The topological polar surface area (TPSA) is 53.1 Å². The molecule has 1 saturated heterocycles. The summed E-state index contributed by atoms with van der Waals surface area (Å²) in [5.41, 5.74) is 5.46. The van der Waals surface area contributed by atoms with Crippen LogP contribution in [0, 0.1) is 10.8 Å². The van der Waals surface area contributed by atoms with E-state index in [2.05, 4.69) is 37.4 Å². The third-order valence-electron chi connectivity index (χ3n) is 3.58. The van der Waals surface area contributed by atoms with Crippen LogP contribution in [0.5, 0.6) is 0 Å². The molecule has 3 N–H and O–H groups in total. The first-order valence-corrected chi connectivity index (χ1v) is 7.65. The van der Waals surface area contributed by atoms with Crippen LogP contribution in [-0.4, -0.2) is 41.4 Å². The summed E-state index contributed by atoms with van der Waals surface area (Å²) >= 11 is 2.08. The minimum atomic E-state index is -0.120. The zero-order chi connectivity index (χ0) is 12.9. The first kappa shape index (κ1) is 14.8. The predicted molar refractivity (Wildman–Crippen MR) is 77.9 cm³/mol. The smallest absolute Gasteiger partial charge is 0.0963 e. The number of unbranched alkanes of at least 4 members (excludes halogenated alkanes) is 1. The van der Waals surface area contributed by atoms with Crippen LogP contribution < -0.4 is 5.73 Å². The molecule has 0 aromatic rings. The summed E-state index contributed by atoms with van der Waals surface area (Å²) in [5.74, 6) is 1.60. The second kappa shape index (κ2) is 6.64. The van der Waals surface area contributed by atoms with Crippen molar-refractivity contribution in [3.63, 3.8) is 0 Å². The van der Waals surface area contributed by atoms with Crippen LogP contribution >= 0.6 is 11.8 Å². The number of rotatable bonds is 6. The fourth-order valence-electron chi connectivity index (χ4n) is 2.13. The molecular weight excluding hydrogens is 230 g/mol. The van der Waals surface area contributed by atoms with E-state index in [1.807, 2.05) is 0 Å². The Bertz CT molecular complexity index is 253. The van der Waals surface area contributed by atoms with Crippen molar-refractivity contribution in [2.75, 3.05) is 25.4 Å². The third-order valence-corrected chi connectivity index (χ3v) is 4.72. The maximum Gasteiger partial charge on any atom is 0.0963 e. The van der Waals surface area contributed by atoms with Crippen molar-refractivity contribution in [1.29, 1.82) is 5.41 Å². The second-order valence-corrected chi connectivity index (χ2v) is 7.28. The number of nitrogens with two attached hydrogens (primary N) is 1. The Labute approximate surface area is 110 Å². The molecule has 0 spiro atoms. The Morgan fingerprint density at radius 3 is 2.76 bits per heavy atom. The van der Waals surface area contributed by atoms with Gasteiger partial charge in [-0.1, -0.05) is 27.2 Å². The molecule has 0 aliphatic carbocycles. The molecule has 1 unspecified atom stereocenters. The first-order chi connectivity index (χ1) is 7.92. The number of nitrogens with one attached hydrogen (secondary N) is 1. The standard InChI is InChI=1S/C13H27N3S/c1-11-10-16(8-9-17-11)7-5-4-6-13(2,3)12(14)15/h11H,4-10H2,1-3H3,(H3,14,15). The van der Waals surface area contributed by atoms with Crippen LogP contribution in [0.3, 0.4) is 0 Å². The van der Waals surface area contributed by atoms with Crippen molar-refractivity contribution >= 4 is 17.6 Å². The minimum Gasteiger partial charge on any atom is -0.387 e. The molecule has 1 rings (SSSR count). The molecule has 1 atom stereocenters. The summed E-state index contributed by atoms with van der Waals surface area (Å²) < 4.78 is 0. The van der Waals surface area contributed by atoms with Gasteiger partial charge in [0.15, 0.2) is 0 Å². The van der Waals surface area contributed by atoms with Crippen molar-refractivity contribution in [3.8, 4) is 0 Å². The van der Waals surface area contributed by atoms with Crippen molar-refractivity contribution in [3.05, 3.63) is 0 Å². The van der Waals surface area contributed by atoms with Gasteiger partial charge in [-0.3, -0.25) is 5.41 Å². The van der Waals surface area contributed by atoms with Gasteiger partial charge in [-0.15, -0.1) is 0 Å². The Balaban J connectivity index is 2.13. The highest BCUT2D eigenvalue weighted by molar-refractivity contribution is 7.99. The normalized spacial score (nSPS) is 22.6. The predicted octanol–water partition coefficient (Wildman–Crippen LogP) is 2.56. The quantitative estimate of drug-likeness (QED) is 0.437. The van der Waals surface area contributed by atoms with Gasteiger partial charge >= 0.3 is 0 Å². The van der Waals surface area contributed by atoms with E-state index in [0.717, 1.165) is 11.7 Å². The maximum atomic E-state index is 7.52. The molecule has 1 heterocycles. The van der Waals surface area contributed by atoms with Crippen molar-refractivity contribution < 1.29 is 0 Å². The van der Waals surface area contributed by atoms with Crippen molar-refractivity contribution in [2.45, 2.75) is 45.3 Å². The van der Waals surface area contributed by atoms with E-state index >= 15 is 0 Å². The lowest BCUT2D eigenvalue weighted by Crippen LogP contribution is -2.37. The van der Waals surface area contributed by atoms with E-state index in [4.69, 9.17) is 11.1 Å². The number of thioether (sulfide) groups is 1. The SMILES string of the molecule is CC1CN(CCCCC(C)(C)C(=N)N)CCS1. The molecule has 0 radical (unpaired) electrons. The molecule has 1 aliphatic rings. The van der Waals surface area contributed by atoms with Gasteiger partial charge in [0.1, 0.15) is 0 Å². The third kappa shape index (κ3) is 5.30. The molecule has 17 heavy (non-hydrogen) atoms. The molecule has 0 amide bonds. The lowest BCUT2D eigenvalue weighted by Gasteiger charge is -2.30. The Morgan fingerprint density at radius 1 is 1.47 bits per heavy atom. The first-order valence-electron chi connectivity index (χ1n) is 6.60. The fourth-order valence-corrected chi connectivity index (χ4v) is 3.21. The van der Waals surface area contributed by atoms with Crippen molar-refractivity contribution in [2.24, 2.45) is 11.1 Å². The molecule has 1 aliphatic heterocycles. The summed E-state index contributed by atoms with van der Waals surface area (Å²) in [6.07, 6.45) is 3.43. The van der Waals surface area contributed by atoms with E-state index in [9.17, 15) is 0 Å². The van der Waals surface area contributed by atoms with Crippen LogP contribution in [0.25, 0.3) is 0 Å². The average Bonchev–Trinajstić information content (AvgIpc) is 2.24.